The molecular formula is C15H13FN2O. The first-order chi connectivity index (χ1) is 9.19. The molecule has 0 radical (unpaired) electrons. The fourth-order valence-electron chi connectivity index (χ4n) is 2.25. The van der Waals surface area contributed by atoms with Crippen LogP contribution in [0.15, 0.2) is 42.5 Å². The smallest absolute Gasteiger partial charge is 0.141 e. The van der Waals surface area contributed by atoms with E-state index in [-0.39, 0.29) is 11.6 Å². The highest BCUT2D eigenvalue weighted by Crippen LogP contribution is 2.26. The van der Waals surface area contributed by atoms with Crippen LogP contribution in [0.3, 0.4) is 0 Å². The first-order valence-corrected chi connectivity index (χ1v) is 6.14. The third-order valence-electron chi connectivity index (χ3n) is 3.15. The molecule has 0 aliphatic heterocycles. The molecule has 3 rings (SSSR count). The van der Waals surface area contributed by atoms with Crippen LogP contribution in [0.5, 0.6) is 5.75 Å². The van der Waals surface area contributed by atoms with Gasteiger partial charge >= 0.3 is 0 Å². The van der Waals surface area contributed by atoms with Crippen molar-refractivity contribution in [3.8, 4) is 17.1 Å². The van der Waals surface area contributed by atoms with Crippen LogP contribution in [0.25, 0.3) is 22.4 Å². The molecule has 0 amide bonds. The van der Waals surface area contributed by atoms with Crippen molar-refractivity contribution in [3.05, 3.63) is 48.3 Å². The van der Waals surface area contributed by atoms with Crippen molar-refractivity contribution in [1.82, 2.24) is 9.55 Å². The summed E-state index contributed by atoms with van der Waals surface area (Å²) < 4.78 is 15.3. The lowest BCUT2D eigenvalue weighted by atomic mass is 10.2. The molecule has 0 spiro atoms. The average molecular weight is 256 g/mol. The van der Waals surface area contributed by atoms with Gasteiger partial charge in [-0.25, -0.2) is 9.37 Å². The maximum Gasteiger partial charge on any atom is 0.141 e. The van der Waals surface area contributed by atoms with Gasteiger partial charge in [0.25, 0.3) is 0 Å². The molecular weight excluding hydrogens is 243 g/mol. The van der Waals surface area contributed by atoms with Gasteiger partial charge in [0.2, 0.25) is 0 Å². The summed E-state index contributed by atoms with van der Waals surface area (Å²) in [6, 6.07) is 11.5. The maximum atomic E-state index is 13.3. The van der Waals surface area contributed by atoms with E-state index in [1.165, 1.54) is 12.1 Å². The second kappa shape index (κ2) is 4.39. The Hall–Kier alpha value is -2.36. The van der Waals surface area contributed by atoms with Crippen LogP contribution >= 0.6 is 0 Å². The molecule has 4 heteroatoms. The summed E-state index contributed by atoms with van der Waals surface area (Å²) in [4.78, 5) is 4.49. The minimum absolute atomic E-state index is 0.217. The Morgan fingerprint density at radius 3 is 2.58 bits per heavy atom. The first-order valence-electron chi connectivity index (χ1n) is 6.14. The summed E-state index contributed by atoms with van der Waals surface area (Å²) in [6.07, 6.45) is 0. The van der Waals surface area contributed by atoms with E-state index in [1.807, 2.05) is 11.5 Å². The zero-order valence-corrected chi connectivity index (χ0v) is 10.5. The van der Waals surface area contributed by atoms with E-state index in [2.05, 4.69) is 4.98 Å². The molecule has 0 saturated heterocycles. The molecule has 1 heterocycles. The lowest BCUT2D eigenvalue weighted by Crippen LogP contribution is -1.97. The summed E-state index contributed by atoms with van der Waals surface area (Å²) >= 11 is 0. The number of benzene rings is 2. The molecule has 0 atom stereocenters. The van der Waals surface area contributed by atoms with Crippen LogP contribution in [0.4, 0.5) is 4.39 Å². The predicted molar refractivity (Wildman–Crippen MR) is 72.5 cm³/mol. The van der Waals surface area contributed by atoms with Crippen molar-refractivity contribution in [2.75, 3.05) is 0 Å². The Morgan fingerprint density at radius 2 is 1.89 bits per heavy atom. The minimum Gasteiger partial charge on any atom is -0.508 e. The summed E-state index contributed by atoms with van der Waals surface area (Å²) in [6.45, 7) is 2.77. The molecule has 3 aromatic rings. The minimum atomic E-state index is -0.287. The van der Waals surface area contributed by atoms with Crippen LogP contribution in [-0.2, 0) is 6.54 Å². The molecule has 1 aromatic heterocycles. The quantitative estimate of drug-likeness (QED) is 0.761. The zero-order chi connectivity index (χ0) is 13.4. The number of rotatable bonds is 2. The van der Waals surface area contributed by atoms with Crippen LogP contribution < -0.4 is 0 Å². The predicted octanol–water partition coefficient (Wildman–Crippen LogP) is 3.57. The molecule has 0 unspecified atom stereocenters. The fraction of sp³-hybridized carbons (Fsp3) is 0.133. The number of fused-ring (bicyclic) bond motifs is 1. The number of halogens is 1. The van der Waals surface area contributed by atoms with Crippen LogP contribution in [0.2, 0.25) is 0 Å². The van der Waals surface area contributed by atoms with Gasteiger partial charge in [0, 0.05) is 18.2 Å². The van der Waals surface area contributed by atoms with Gasteiger partial charge in [-0.15, -0.1) is 0 Å². The average Bonchev–Trinajstić information content (AvgIpc) is 2.77. The van der Waals surface area contributed by atoms with Crippen LogP contribution in [-0.4, -0.2) is 14.7 Å². The number of aryl methyl sites for hydroxylation is 1. The number of nitrogens with zero attached hydrogens (tertiary/aromatic N) is 2. The van der Waals surface area contributed by atoms with E-state index in [0.717, 1.165) is 23.4 Å². The maximum absolute atomic E-state index is 13.3. The summed E-state index contributed by atoms with van der Waals surface area (Å²) in [7, 11) is 0. The van der Waals surface area contributed by atoms with Crippen molar-refractivity contribution in [2.24, 2.45) is 0 Å². The molecule has 1 N–H and O–H groups in total. The number of imidazole rings is 1. The molecule has 0 aliphatic rings. The van der Waals surface area contributed by atoms with Gasteiger partial charge in [-0.2, -0.15) is 0 Å². The van der Waals surface area contributed by atoms with Crippen LogP contribution in [0.1, 0.15) is 6.92 Å². The van der Waals surface area contributed by atoms with Crippen molar-refractivity contribution in [3.63, 3.8) is 0 Å². The topological polar surface area (TPSA) is 38.0 Å². The Bertz CT molecular complexity index is 732. The number of hydrogen-bond donors (Lipinski definition) is 1. The van der Waals surface area contributed by atoms with Gasteiger partial charge in [0.1, 0.15) is 17.4 Å². The highest BCUT2D eigenvalue weighted by atomic mass is 19.1. The van der Waals surface area contributed by atoms with Gasteiger partial charge in [0.05, 0.1) is 11.0 Å². The van der Waals surface area contributed by atoms with Gasteiger partial charge in [-0.1, -0.05) is 0 Å². The van der Waals surface area contributed by atoms with Gasteiger partial charge in [0.15, 0.2) is 0 Å². The summed E-state index contributed by atoms with van der Waals surface area (Å²) in [5, 5.41) is 9.33. The molecule has 0 aliphatic carbocycles. The number of hydrogen-bond acceptors (Lipinski definition) is 2. The molecule has 0 saturated carbocycles. The second-order valence-corrected chi connectivity index (χ2v) is 4.36. The van der Waals surface area contributed by atoms with Crippen molar-refractivity contribution in [1.29, 1.82) is 0 Å². The van der Waals surface area contributed by atoms with E-state index in [9.17, 15) is 9.50 Å². The largest absolute Gasteiger partial charge is 0.508 e. The fourth-order valence-corrected chi connectivity index (χ4v) is 2.25. The molecule has 19 heavy (non-hydrogen) atoms. The standard InChI is InChI=1S/C15H13FN2O/c1-2-18-14-8-5-11(16)9-13(14)17-15(18)10-3-6-12(19)7-4-10/h3-9,19H,2H2,1H3. The SMILES string of the molecule is CCn1c(-c2ccc(O)cc2)nc2cc(F)ccc21. The van der Waals surface area contributed by atoms with Gasteiger partial charge in [-0.05, 0) is 43.3 Å². The van der Waals surface area contributed by atoms with Crippen molar-refractivity contribution >= 4 is 11.0 Å². The number of aromatic hydroxyl groups is 1. The first kappa shape index (κ1) is 11.7. The van der Waals surface area contributed by atoms with Crippen LogP contribution in [0, 0.1) is 5.82 Å². The molecule has 0 fully saturated rings. The van der Waals surface area contributed by atoms with E-state index in [0.29, 0.717) is 5.52 Å². The Morgan fingerprint density at radius 1 is 1.16 bits per heavy atom. The summed E-state index contributed by atoms with van der Waals surface area (Å²) in [5.41, 5.74) is 2.45. The van der Waals surface area contributed by atoms with Gasteiger partial charge < -0.3 is 9.67 Å². The number of phenols is 1. The third kappa shape index (κ3) is 1.95. The number of phenolic OH excluding ortho intramolecular Hbond substituents is 1. The lowest BCUT2D eigenvalue weighted by molar-refractivity contribution is 0.475. The van der Waals surface area contributed by atoms with E-state index >= 15 is 0 Å². The normalized spacial score (nSPS) is 11.1. The number of aromatic nitrogens is 2. The zero-order valence-electron chi connectivity index (χ0n) is 10.5. The van der Waals surface area contributed by atoms with E-state index in [1.54, 1.807) is 30.3 Å². The summed E-state index contributed by atoms with van der Waals surface area (Å²) in [5.74, 6) is 0.711. The molecule has 0 bridgehead atoms. The van der Waals surface area contributed by atoms with Crippen molar-refractivity contribution in [2.45, 2.75) is 13.5 Å². The van der Waals surface area contributed by atoms with E-state index < -0.39 is 0 Å². The second-order valence-electron chi connectivity index (χ2n) is 4.36. The third-order valence-corrected chi connectivity index (χ3v) is 3.15. The monoisotopic (exact) mass is 256 g/mol. The Kier molecular flexibility index (Phi) is 2.71. The molecule has 3 nitrogen and oxygen atoms in total. The highest BCUT2D eigenvalue weighted by Gasteiger charge is 2.11. The molecule has 2 aromatic carbocycles. The lowest BCUT2D eigenvalue weighted by Gasteiger charge is -2.06. The Labute approximate surface area is 109 Å². The molecule has 96 valence electrons. The van der Waals surface area contributed by atoms with Gasteiger partial charge in [-0.3, -0.25) is 0 Å². The van der Waals surface area contributed by atoms with Crippen molar-refractivity contribution < 1.29 is 9.50 Å². The van der Waals surface area contributed by atoms with E-state index in [4.69, 9.17) is 0 Å². The Balaban J connectivity index is 2.25. The highest BCUT2D eigenvalue weighted by molar-refractivity contribution is 5.80.